The molecule has 110 valence electrons. The molecule has 0 atom stereocenters. The van der Waals surface area contributed by atoms with Gasteiger partial charge in [-0.15, -0.1) is 0 Å². The van der Waals surface area contributed by atoms with Crippen LogP contribution in [0.15, 0.2) is 23.1 Å². The second-order valence-corrected chi connectivity index (χ2v) is 8.40. The second kappa shape index (κ2) is 5.04. The third-order valence-corrected chi connectivity index (χ3v) is 5.21. The summed E-state index contributed by atoms with van der Waals surface area (Å²) >= 11 is 0. The molecule has 0 unspecified atom stereocenters. The van der Waals surface area contributed by atoms with Gasteiger partial charge in [0.2, 0.25) is 0 Å². The van der Waals surface area contributed by atoms with Crippen molar-refractivity contribution in [1.82, 2.24) is 5.32 Å². The molecule has 0 aromatic heterocycles. The predicted octanol–water partition coefficient (Wildman–Crippen LogP) is 2.84. The molecule has 1 aliphatic rings. The molecule has 1 aromatic carbocycles. The molecule has 0 radical (unpaired) electrons. The number of benzene rings is 1. The van der Waals surface area contributed by atoms with Gasteiger partial charge in [-0.2, -0.15) is 0 Å². The Balaban J connectivity index is 2.27. The molecule has 1 aliphatic carbocycles. The minimum Gasteiger partial charge on any atom is -0.347 e. The van der Waals surface area contributed by atoms with Gasteiger partial charge in [0, 0.05) is 21.8 Å². The minimum atomic E-state index is -3.84. The lowest BCUT2D eigenvalue weighted by molar-refractivity contribution is 0.0903. The van der Waals surface area contributed by atoms with E-state index < -0.39 is 9.05 Å². The quantitative estimate of drug-likeness (QED) is 0.869. The minimum absolute atomic E-state index is 0.0176. The monoisotopic (exact) mass is 315 g/mol. The average molecular weight is 316 g/mol. The Morgan fingerprint density at radius 3 is 2.45 bits per heavy atom. The summed E-state index contributed by atoms with van der Waals surface area (Å²) in [6.45, 7) is 5.61. The van der Waals surface area contributed by atoms with Crippen molar-refractivity contribution in [2.45, 2.75) is 44.0 Å². The molecule has 1 aromatic rings. The third kappa shape index (κ3) is 3.33. The Morgan fingerprint density at radius 2 is 1.95 bits per heavy atom. The van der Waals surface area contributed by atoms with Crippen LogP contribution >= 0.6 is 10.7 Å². The van der Waals surface area contributed by atoms with Gasteiger partial charge in [-0.1, -0.05) is 6.07 Å². The molecule has 6 heteroatoms. The molecule has 0 heterocycles. The summed E-state index contributed by atoms with van der Waals surface area (Å²) < 4.78 is 22.9. The number of amides is 1. The van der Waals surface area contributed by atoms with Gasteiger partial charge in [-0.05, 0) is 57.2 Å². The third-order valence-electron chi connectivity index (χ3n) is 3.75. The molecule has 0 bridgehead atoms. The van der Waals surface area contributed by atoms with Crippen molar-refractivity contribution >= 4 is 25.6 Å². The molecule has 1 N–H and O–H groups in total. The maximum absolute atomic E-state index is 12.2. The molecule has 1 saturated carbocycles. The number of halogens is 1. The average Bonchev–Trinajstić information content (AvgIpc) is 3.10. The molecule has 1 fully saturated rings. The number of hydrogen-bond acceptors (Lipinski definition) is 3. The van der Waals surface area contributed by atoms with Crippen LogP contribution in [0.2, 0.25) is 0 Å². The SMILES string of the molecule is Cc1ccc(C(=O)NC(C)(C)C2CC2)cc1S(=O)(=O)Cl. The summed E-state index contributed by atoms with van der Waals surface area (Å²) in [5.41, 5.74) is 0.559. The summed E-state index contributed by atoms with van der Waals surface area (Å²) in [4.78, 5) is 12.2. The number of carbonyl (C=O) groups excluding carboxylic acids is 1. The fourth-order valence-electron chi connectivity index (χ4n) is 2.28. The van der Waals surface area contributed by atoms with Gasteiger partial charge >= 0.3 is 0 Å². The summed E-state index contributed by atoms with van der Waals surface area (Å²) in [6, 6.07) is 4.53. The molecule has 2 rings (SSSR count). The highest BCUT2D eigenvalue weighted by Crippen LogP contribution is 2.39. The van der Waals surface area contributed by atoms with Crippen molar-refractivity contribution in [3.8, 4) is 0 Å². The lowest BCUT2D eigenvalue weighted by Gasteiger charge is -2.26. The van der Waals surface area contributed by atoms with E-state index >= 15 is 0 Å². The largest absolute Gasteiger partial charge is 0.347 e. The van der Waals surface area contributed by atoms with Crippen LogP contribution in [-0.2, 0) is 9.05 Å². The van der Waals surface area contributed by atoms with E-state index in [0.717, 1.165) is 12.8 Å². The molecule has 20 heavy (non-hydrogen) atoms. The van der Waals surface area contributed by atoms with E-state index in [4.69, 9.17) is 10.7 Å². The van der Waals surface area contributed by atoms with Crippen molar-refractivity contribution in [1.29, 1.82) is 0 Å². The lowest BCUT2D eigenvalue weighted by atomic mass is 9.98. The van der Waals surface area contributed by atoms with Gasteiger partial charge in [0.15, 0.2) is 0 Å². The summed E-state index contributed by atoms with van der Waals surface area (Å²) in [5, 5.41) is 2.96. The van der Waals surface area contributed by atoms with Gasteiger partial charge < -0.3 is 5.32 Å². The number of aryl methyl sites for hydroxylation is 1. The van der Waals surface area contributed by atoms with Crippen molar-refractivity contribution in [3.63, 3.8) is 0 Å². The van der Waals surface area contributed by atoms with Crippen molar-refractivity contribution < 1.29 is 13.2 Å². The first-order chi connectivity index (χ1) is 9.11. The van der Waals surface area contributed by atoms with Gasteiger partial charge in [0.05, 0.1) is 4.90 Å². The van der Waals surface area contributed by atoms with Crippen molar-refractivity contribution in [3.05, 3.63) is 29.3 Å². The van der Waals surface area contributed by atoms with Crippen LogP contribution in [0.5, 0.6) is 0 Å². The van der Waals surface area contributed by atoms with E-state index in [9.17, 15) is 13.2 Å². The van der Waals surface area contributed by atoms with E-state index in [1.807, 2.05) is 13.8 Å². The maximum atomic E-state index is 12.2. The molecule has 0 aliphatic heterocycles. The highest BCUT2D eigenvalue weighted by atomic mass is 35.7. The zero-order valence-corrected chi connectivity index (χ0v) is 13.3. The van der Waals surface area contributed by atoms with Gasteiger partial charge in [0.1, 0.15) is 0 Å². The van der Waals surface area contributed by atoms with Crippen LogP contribution in [0.4, 0.5) is 0 Å². The summed E-state index contributed by atoms with van der Waals surface area (Å²) in [5.74, 6) is 0.219. The van der Waals surface area contributed by atoms with E-state index in [1.165, 1.54) is 6.07 Å². The molecule has 4 nitrogen and oxygen atoms in total. The van der Waals surface area contributed by atoms with Crippen LogP contribution in [0.25, 0.3) is 0 Å². The number of carbonyl (C=O) groups is 1. The zero-order chi connectivity index (χ0) is 15.1. The highest BCUT2D eigenvalue weighted by Gasteiger charge is 2.38. The topological polar surface area (TPSA) is 63.2 Å². The normalized spacial score (nSPS) is 16.0. The molecular formula is C14H18ClNO3S. The van der Waals surface area contributed by atoms with Crippen molar-refractivity contribution in [2.75, 3.05) is 0 Å². The van der Waals surface area contributed by atoms with Crippen LogP contribution in [0.1, 0.15) is 42.6 Å². The first-order valence-corrected chi connectivity index (χ1v) is 8.80. The van der Waals surface area contributed by atoms with Crippen molar-refractivity contribution in [2.24, 2.45) is 5.92 Å². The second-order valence-electron chi connectivity index (χ2n) is 5.87. The fraction of sp³-hybridized carbons (Fsp3) is 0.500. The molecule has 1 amide bonds. The Hall–Kier alpha value is -1.07. The van der Waals surface area contributed by atoms with Crippen LogP contribution in [-0.4, -0.2) is 19.9 Å². The Morgan fingerprint density at radius 1 is 1.35 bits per heavy atom. The van der Waals surface area contributed by atoms with Crippen LogP contribution in [0, 0.1) is 12.8 Å². The molecule has 0 spiro atoms. The zero-order valence-electron chi connectivity index (χ0n) is 11.7. The van der Waals surface area contributed by atoms with E-state index in [0.29, 0.717) is 17.0 Å². The lowest BCUT2D eigenvalue weighted by Crippen LogP contribution is -2.45. The van der Waals surface area contributed by atoms with Crippen LogP contribution in [0.3, 0.4) is 0 Å². The number of hydrogen-bond donors (Lipinski definition) is 1. The summed E-state index contributed by atoms with van der Waals surface area (Å²) in [7, 11) is 1.53. The van der Waals surface area contributed by atoms with E-state index in [-0.39, 0.29) is 16.3 Å². The number of nitrogens with one attached hydrogen (secondary N) is 1. The standard InChI is InChI=1S/C14H18ClNO3S/c1-9-4-5-10(8-12(9)20(15,18)19)13(17)16-14(2,3)11-6-7-11/h4-5,8,11H,6-7H2,1-3H3,(H,16,17). The Labute approximate surface area is 123 Å². The number of rotatable bonds is 4. The summed E-state index contributed by atoms with van der Waals surface area (Å²) in [6.07, 6.45) is 2.23. The van der Waals surface area contributed by atoms with E-state index in [1.54, 1.807) is 19.1 Å². The van der Waals surface area contributed by atoms with E-state index in [2.05, 4.69) is 5.32 Å². The van der Waals surface area contributed by atoms with Gasteiger partial charge in [-0.25, -0.2) is 8.42 Å². The maximum Gasteiger partial charge on any atom is 0.261 e. The highest BCUT2D eigenvalue weighted by molar-refractivity contribution is 8.13. The molecular weight excluding hydrogens is 298 g/mol. The first kappa shape index (κ1) is 15.3. The fourth-order valence-corrected chi connectivity index (χ4v) is 3.49. The Bertz CT molecular complexity index is 648. The van der Waals surface area contributed by atoms with Gasteiger partial charge in [-0.3, -0.25) is 4.79 Å². The smallest absolute Gasteiger partial charge is 0.261 e. The predicted molar refractivity (Wildman–Crippen MR) is 78.5 cm³/mol. The van der Waals surface area contributed by atoms with Crippen LogP contribution < -0.4 is 5.32 Å². The Kier molecular flexibility index (Phi) is 3.86. The first-order valence-electron chi connectivity index (χ1n) is 6.49. The van der Waals surface area contributed by atoms with Gasteiger partial charge in [0.25, 0.3) is 15.0 Å². The molecule has 0 saturated heterocycles.